The van der Waals surface area contributed by atoms with Crippen LogP contribution < -0.4 is 11.1 Å². The Morgan fingerprint density at radius 3 is 2.50 bits per heavy atom. The molecule has 2 unspecified atom stereocenters. The predicted molar refractivity (Wildman–Crippen MR) is 82.4 cm³/mol. The van der Waals surface area contributed by atoms with Gasteiger partial charge in [-0.2, -0.15) is 0 Å². The van der Waals surface area contributed by atoms with Gasteiger partial charge in [0.1, 0.15) is 0 Å². The monoisotopic (exact) mass is 281 g/mol. The third kappa shape index (κ3) is 3.95. The Labute approximate surface area is 123 Å². The van der Waals surface area contributed by atoms with E-state index in [1.54, 1.807) is 0 Å². The highest BCUT2D eigenvalue weighted by Crippen LogP contribution is 2.30. The maximum absolute atomic E-state index is 11.4. The molecule has 0 aromatic heterocycles. The van der Waals surface area contributed by atoms with Gasteiger partial charge in [-0.1, -0.05) is 6.92 Å². The highest BCUT2D eigenvalue weighted by Gasteiger charge is 2.34. The van der Waals surface area contributed by atoms with E-state index in [9.17, 15) is 4.79 Å². The quantitative estimate of drug-likeness (QED) is 0.809. The molecule has 1 aliphatic heterocycles. The highest BCUT2D eigenvalue weighted by molar-refractivity contribution is 5.77. The molecule has 2 rings (SSSR count). The van der Waals surface area contributed by atoms with Crippen molar-refractivity contribution in [1.29, 1.82) is 0 Å². The summed E-state index contributed by atoms with van der Waals surface area (Å²) in [6, 6.07) is 1.97. The summed E-state index contributed by atoms with van der Waals surface area (Å²) in [5.74, 6) is -0.0395. The summed E-state index contributed by atoms with van der Waals surface area (Å²) in [5, 5.41) is 3.64. The van der Waals surface area contributed by atoms with Crippen LogP contribution in [0, 0.1) is 5.92 Å². The smallest absolute Gasteiger partial charge is 0.221 e. The molecule has 2 atom stereocenters. The van der Waals surface area contributed by atoms with Gasteiger partial charge in [0, 0.05) is 24.7 Å². The van der Waals surface area contributed by atoms with Crippen LogP contribution in [-0.2, 0) is 4.79 Å². The average Bonchev–Trinajstić information content (AvgIpc) is 2.46. The van der Waals surface area contributed by atoms with Crippen molar-refractivity contribution in [3.8, 4) is 0 Å². The molecule has 3 N–H and O–H groups in total. The lowest BCUT2D eigenvalue weighted by atomic mass is 9.85. The molecule has 1 saturated heterocycles. The maximum atomic E-state index is 11.4. The lowest BCUT2D eigenvalue weighted by molar-refractivity contribution is -0.124. The van der Waals surface area contributed by atoms with Crippen molar-refractivity contribution >= 4 is 5.91 Å². The van der Waals surface area contributed by atoms with Gasteiger partial charge >= 0.3 is 0 Å². The van der Waals surface area contributed by atoms with Crippen molar-refractivity contribution in [1.82, 2.24) is 10.2 Å². The minimum Gasteiger partial charge on any atom is -0.369 e. The van der Waals surface area contributed by atoms with Crippen molar-refractivity contribution in [2.45, 2.75) is 76.9 Å². The Bertz CT molecular complexity index is 313. The van der Waals surface area contributed by atoms with Gasteiger partial charge in [-0.25, -0.2) is 0 Å². The number of amides is 1. The zero-order valence-electron chi connectivity index (χ0n) is 13.1. The first-order chi connectivity index (χ1) is 9.61. The molecule has 20 heavy (non-hydrogen) atoms. The van der Waals surface area contributed by atoms with Crippen LogP contribution in [0.2, 0.25) is 0 Å². The van der Waals surface area contributed by atoms with Crippen molar-refractivity contribution in [2.24, 2.45) is 11.7 Å². The number of piperidine rings is 1. The fourth-order valence-corrected chi connectivity index (χ4v) is 3.84. The van der Waals surface area contributed by atoms with Crippen LogP contribution in [0.25, 0.3) is 0 Å². The van der Waals surface area contributed by atoms with Crippen LogP contribution in [0.4, 0.5) is 0 Å². The number of primary amides is 1. The van der Waals surface area contributed by atoms with E-state index in [0.29, 0.717) is 18.1 Å². The third-order valence-electron chi connectivity index (χ3n) is 5.18. The largest absolute Gasteiger partial charge is 0.369 e. The highest BCUT2D eigenvalue weighted by atomic mass is 16.1. The number of carbonyl (C=O) groups excluding carboxylic acids is 1. The van der Waals surface area contributed by atoms with Gasteiger partial charge < -0.3 is 11.1 Å². The minimum atomic E-state index is -0.111. The molecule has 2 fully saturated rings. The molecule has 2 aliphatic rings. The van der Waals surface area contributed by atoms with Crippen LogP contribution in [-0.4, -0.2) is 42.0 Å². The molecule has 1 saturated carbocycles. The van der Waals surface area contributed by atoms with Gasteiger partial charge in [0.25, 0.3) is 0 Å². The SMILES string of the molecule is CCCNC1CCC(N2CC(C(N)=O)CCC2C)CC1. The molecule has 4 nitrogen and oxygen atoms in total. The van der Waals surface area contributed by atoms with E-state index in [1.165, 1.54) is 32.1 Å². The number of carbonyl (C=O) groups is 1. The van der Waals surface area contributed by atoms with Gasteiger partial charge in [-0.3, -0.25) is 9.69 Å². The summed E-state index contributed by atoms with van der Waals surface area (Å²) >= 11 is 0. The third-order valence-corrected chi connectivity index (χ3v) is 5.18. The summed E-state index contributed by atoms with van der Waals surface area (Å²) in [5.41, 5.74) is 5.51. The van der Waals surface area contributed by atoms with Gasteiger partial charge in [-0.05, 0) is 58.4 Å². The Hall–Kier alpha value is -0.610. The van der Waals surface area contributed by atoms with Crippen LogP contribution in [0.5, 0.6) is 0 Å². The molecule has 4 heteroatoms. The second-order valence-corrected chi connectivity index (χ2v) is 6.68. The number of hydrogen-bond donors (Lipinski definition) is 2. The van der Waals surface area contributed by atoms with E-state index >= 15 is 0 Å². The van der Waals surface area contributed by atoms with Crippen molar-refractivity contribution in [2.75, 3.05) is 13.1 Å². The Morgan fingerprint density at radius 1 is 1.20 bits per heavy atom. The molecule has 0 aromatic carbocycles. The van der Waals surface area contributed by atoms with Crippen LogP contribution in [0.1, 0.15) is 58.8 Å². The zero-order valence-corrected chi connectivity index (χ0v) is 13.1. The molecule has 0 radical (unpaired) electrons. The standard InChI is InChI=1S/C16H31N3O/c1-3-10-18-14-6-8-15(9-7-14)19-11-13(16(17)20)5-4-12(19)2/h12-15,18H,3-11H2,1-2H3,(H2,17,20). The van der Waals surface area contributed by atoms with Gasteiger partial charge in [0.15, 0.2) is 0 Å². The van der Waals surface area contributed by atoms with E-state index in [0.717, 1.165) is 25.9 Å². The molecule has 116 valence electrons. The predicted octanol–water partition coefficient (Wildman–Crippen LogP) is 1.88. The molecular weight excluding hydrogens is 250 g/mol. The molecule has 1 amide bonds. The number of likely N-dealkylation sites (tertiary alicyclic amines) is 1. The second-order valence-electron chi connectivity index (χ2n) is 6.68. The lowest BCUT2D eigenvalue weighted by Crippen LogP contribution is -2.52. The molecule has 0 aromatic rings. The number of nitrogens with two attached hydrogens (primary N) is 1. The van der Waals surface area contributed by atoms with E-state index < -0.39 is 0 Å². The summed E-state index contributed by atoms with van der Waals surface area (Å²) in [7, 11) is 0. The summed E-state index contributed by atoms with van der Waals surface area (Å²) in [4.78, 5) is 14.0. The molecule has 0 bridgehead atoms. The van der Waals surface area contributed by atoms with E-state index in [2.05, 4.69) is 24.1 Å². The number of nitrogens with one attached hydrogen (secondary N) is 1. The lowest BCUT2D eigenvalue weighted by Gasteiger charge is -2.44. The molecule has 1 aliphatic carbocycles. The van der Waals surface area contributed by atoms with E-state index in [-0.39, 0.29) is 11.8 Å². The second kappa shape index (κ2) is 7.41. The number of nitrogens with zero attached hydrogens (tertiary/aromatic N) is 1. The van der Waals surface area contributed by atoms with Gasteiger partial charge in [0.2, 0.25) is 5.91 Å². The van der Waals surface area contributed by atoms with Crippen LogP contribution in [0.15, 0.2) is 0 Å². The first-order valence-corrected chi connectivity index (χ1v) is 8.40. The first kappa shape index (κ1) is 15.8. The number of hydrogen-bond acceptors (Lipinski definition) is 3. The number of rotatable bonds is 5. The molecule has 1 heterocycles. The minimum absolute atomic E-state index is 0.0714. The normalized spacial score (nSPS) is 35.9. The Morgan fingerprint density at radius 2 is 1.90 bits per heavy atom. The zero-order chi connectivity index (χ0) is 14.5. The van der Waals surface area contributed by atoms with Crippen molar-refractivity contribution in [3.63, 3.8) is 0 Å². The van der Waals surface area contributed by atoms with E-state index in [1.807, 2.05) is 0 Å². The summed E-state index contributed by atoms with van der Waals surface area (Å²) < 4.78 is 0. The summed E-state index contributed by atoms with van der Waals surface area (Å²) in [6.45, 7) is 6.55. The molecular formula is C16H31N3O. The first-order valence-electron chi connectivity index (χ1n) is 8.40. The molecule has 0 spiro atoms. The van der Waals surface area contributed by atoms with Gasteiger partial charge in [0.05, 0.1) is 5.92 Å². The van der Waals surface area contributed by atoms with Crippen molar-refractivity contribution in [3.05, 3.63) is 0 Å². The average molecular weight is 281 g/mol. The van der Waals surface area contributed by atoms with Crippen LogP contribution in [0.3, 0.4) is 0 Å². The fourth-order valence-electron chi connectivity index (χ4n) is 3.84. The summed E-state index contributed by atoms with van der Waals surface area (Å²) in [6.07, 6.45) is 8.37. The Kier molecular flexibility index (Phi) is 5.85. The Balaban J connectivity index is 1.83. The maximum Gasteiger partial charge on any atom is 0.221 e. The van der Waals surface area contributed by atoms with Gasteiger partial charge in [-0.15, -0.1) is 0 Å². The topological polar surface area (TPSA) is 58.4 Å². The van der Waals surface area contributed by atoms with Crippen LogP contribution >= 0.6 is 0 Å². The van der Waals surface area contributed by atoms with Crippen molar-refractivity contribution < 1.29 is 4.79 Å². The fraction of sp³-hybridized carbons (Fsp3) is 0.938. The van der Waals surface area contributed by atoms with E-state index in [4.69, 9.17) is 5.73 Å².